The van der Waals surface area contributed by atoms with Gasteiger partial charge in [0.25, 0.3) is 5.56 Å². The van der Waals surface area contributed by atoms with E-state index in [2.05, 4.69) is 5.10 Å². The van der Waals surface area contributed by atoms with Crippen LogP contribution >= 0.6 is 0 Å². The number of hydrogen-bond acceptors (Lipinski definition) is 4. The van der Waals surface area contributed by atoms with Gasteiger partial charge in [0.2, 0.25) is 0 Å². The van der Waals surface area contributed by atoms with Crippen LogP contribution in [0.1, 0.15) is 46.1 Å². The number of likely N-dealkylation sites (tertiary alicyclic amines) is 1. The smallest absolute Gasteiger partial charge is 0.410 e. The third-order valence-corrected chi connectivity index (χ3v) is 4.65. The molecule has 1 saturated heterocycles. The summed E-state index contributed by atoms with van der Waals surface area (Å²) in [5.74, 6) is 0. The van der Waals surface area contributed by atoms with Gasteiger partial charge < -0.3 is 9.64 Å². The van der Waals surface area contributed by atoms with Crippen LogP contribution < -0.4 is 5.56 Å². The molecule has 1 unspecified atom stereocenters. The first kappa shape index (κ1) is 19.1. The first-order chi connectivity index (χ1) is 12.8. The predicted octanol–water partition coefficient (Wildman–Crippen LogP) is 3.87. The molecular formula is C21H27N3O3. The molecule has 0 aliphatic carbocycles. The van der Waals surface area contributed by atoms with E-state index in [9.17, 15) is 9.59 Å². The summed E-state index contributed by atoms with van der Waals surface area (Å²) in [5, 5.41) is 4.33. The Morgan fingerprint density at radius 1 is 1.11 bits per heavy atom. The highest BCUT2D eigenvalue weighted by Crippen LogP contribution is 2.23. The van der Waals surface area contributed by atoms with Crippen molar-refractivity contribution in [1.82, 2.24) is 14.7 Å². The number of amides is 1. The van der Waals surface area contributed by atoms with Crippen LogP contribution in [0.3, 0.4) is 0 Å². The topological polar surface area (TPSA) is 64.4 Å². The maximum Gasteiger partial charge on any atom is 0.410 e. The van der Waals surface area contributed by atoms with Crippen LogP contribution in [-0.2, 0) is 4.74 Å². The normalized spacial score (nSPS) is 18.0. The molecule has 0 N–H and O–H groups in total. The SMILES string of the molecule is CC(C)(C)OC(=O)N1CCCC(n2nccc(-c3ccccc3)c2=O)CC1. The molecule has 0 spiro atoms. The Balaban J connectivity index is 1.77. The lowest BCUT2D eigenvalue weighted by Crippen LogP contribution is -2.37. The van der Waals surface area contributed by atoms with Crippen molar-refractivity contribution >= 4 is 6.09 Å². The van der Waals surface area contributed by atoms with E-state index in [1.54, 1.807) is 21.8 Å². The molecule has 0 radical (unpaired) electrons. The molecule has 0 saturated carbocycles. The lowest BCUT2D eigenvalue weighted by Gasteiger charge is -2.26. The third-order valence-electron chi connectivity index (χ3n) is 4.65. The van der Waals surface area contributed by atoms with Gasteiger partial charge in [-0.2, -0.15) is 5.10 Å². The number of nitrogens with zero attached hydrogens (tertiary/aromatic N) is 3. The van der Waals surface area contributed by atoms with Crippen LogP contribution in [0.2, 0.25) is 0 Å². The first-order valence-corrected chi connectivity index (χ1v) is 9.46. The summed E-state index contributed by atoms with van der Waals surface area (Å²) in [6.07, 6.45) is 3.70. The molecule has 1 amide bonds. The van der Waals surface area contributed by atoms with Gasteiger partial charge in [-0.05, 0) is 51.7 Å². The Morgan fingerprint density at radius 3 is 2.56 bits per heavy atom. The van der Waals surface area contributed by atoms with Crippen molar-refractivity contribution in [2.24, 2.45) is 0 Å². The largest absolute Gasteiger partial charge is 0.444 e. The fourth-order valence-electron chi connectivity index (χ4n) is 3.36. The molecule has 2 aromatic rings. The monoisotopic (exact) mass is 369 g/mol. The Morgan fingerprint density at radius 2 is 1.85 bits per heavy atom. The summed E-state index contributed by atoms with van der Waals surface area (Å²) in [4.78, 5) is 27.0. The van der Waals surface area contributed by atoms with Crippen LogP contribution in [0.15, 0.2) is 47.4 Å². The van der Waals surface area contributed by atoms with Crippen LogP contribution in [-0.4, -0.2) is 39.5 Å². The van der Waals surface area contributed by atoms with Crippen molar-refractivity contribution in [2.45, 2.75) is 51.7 Å². The number of ether oxygens (including phenoxy) is 1. The molecule has 1 atom stereocenters. The standard InChI is InChI=1S/C21H27N3O3/c1-21(2,3)27-20(26)23-14-7-10-17(12-15-23)24-19(25)18(11-13-22-24)16-8-5-4-6-9-16/h4-6,8-9,11,13,17H,7,10,12,14-15H2,1-3H3. The molecule has 1 aromatic heterocycles. The van der Waals surface area contributed by atoms with E-state index in [4.69, 9.17) is 4.74 Å². The highest BCUT2D eigenvalue weighted by molar-refractivity contribution is 5.68. The zero-order chi connectivity index (χ0) is 19.4. The summed E-state index contributed by atoms with van der Waals surface area (Å²) in [5.41, 5.74) is 0.951. The van der Waals surface area contributed by atoms with Crippen molar-refractivity contribution in [3.63, 3.8) is 0 Å². The summed E-state index contributed by atoms with van der Waals surface area (Å²) < 4.78 is 7.06. The van der Waals surface area contributed by atoms with Crippen molar-refractivity contribution in [3.8, 4) is 11.1 Å². The predicted molar refractivity (Wildman–Crippen MR) is 105 cm³/mol. The Hall–Kier alpha value is -2.63. The minimum absolute atomic E-state index is 0.0198. The van der Waals surface area contributed by atoms with Crippen molar-refractivity contribution < 1.29 is 9.53 Å². The van der Waals surface area contributed by atoms with Gasteiger partial charge in [-0.15, -0.1) is 0 Å². The van der Waals surface area contributed by atoms with Crippen LogP contribution in [0.4, 0.5) is 4.79 Å². The van der Waals surface area contributed by atoms with Gasteiger partial charge in [0.05, 0.1) is 11.6 Å². The summed E-state index contributed by atoms with van der Waals surface area (Å²) >= 11 is 0. The van der Waals surface area contributed by atoms with Gasteiger partial charge in [0.15, 0.2) is 0 Å². The highest BCUT2D eigenvalue weighted by atomic mass is 16.6. The molecule has 1 aliphatic heterocycles. The molecule has 6 heteroatoms. The fourth-order valence-corrected chi connectivity index (χ4v) is 3.36. The van der Waals surface area contributed by atoms with Crippen LogP contribution in [0.25, 0.3) is 11.1 Å². The molecule has 6 nitrogen and oxygen atoms in total. The van der Waals surface area contributed by atoms with E-state index >= 15 is 0 Å². The van der Waals surface area contributed by atoms with E-state index in [0.29, 0.717) is 25.1 Å². The molecule has 144 valence electrons. The van der Waals surface area contributed by atoms with E-state index < -0.39 is 5.60 Å². The average Bonchev–Trinajstić information content (AvgIpc) is 2.87. The number of rotatable bonds is 2. The van der Waals surface area contributed by atoms with Gasteiger partial charge >= 0.3 is 6.09 Å². The van der Waals surface area contributed by atoms with Gasteiger partial charge in [-0.3, -0.25) is 4.79 Å². The third kappa shape index (κ3) is 4.76. The first-order valence-electron chi connectivity index (χ1n) is 9.46. The molecule has 2 heterocycles. The lowest BCUT2D eigenvalue weighted by molar-refractivity contribution is 0.0255. The van der Waals surface area contributed by atoms with Crippen LogP contribution in [0, 0.1) is 0 Å². The minimum Gasteiger partial charge on any atom is -0.444 e. The number of benzene rings is 1. The average molecular weight is 369 g/mol. The second kappa shape index (κ2) is 7.94. The minimum atomic E-state index is -0.509. The lowest BCUT2D eigenvalue weighted by atomic mass is 10.1. The van der Waals surface area contributed by atoms with Gasteiger partial charge in [0.1, 0.15) is 5.60 Å². The molecule has 1 aliphatic rings. The maximum atomic E-state index is 13.0. The van der Waals surface area contributed by atoms with E-state index in [-0.39, 0.29) is 17.7 Å². The Kier molecular flexibility index (Phi) is 5.63. The summed E-state index contributed by atoms with van der Waals surface area (Å²) in [6, 6.07) is 11.4. The van der Waals surface area contributed by atoms with Crippen molar-refractivity contribution in [2.75, 3.05) is 13.1 Å². The number of hydrogen-bond donors (Lipinski definition) is 0. The van der Waals surface area contributed by atoms with Crippen molar-refractivity contribution in [1.29, 1.82) is 0 Å². The number of carbonyl (C=O) groups excluding carboxylic acids is 1. The highest BCUT2D eigenvalue weighted by Gasteiger charge is 2.26. The van der Waals surface area contributed by atoms with Gasteiger partial charge in [0, 0.05) is 19.3 Å². The van der Waals surface area contributed by atoms with E-state index in [1.165, 1.54) is 0 Å². The number of carbonyl (C=O) groups is 1. The second-order valence-electron chi connectivity index (χ2n) is 7.91. The Bertz CT molecular complexity index is 840. The molecule has 1 aromatic carbocycles. The molecule has 3 rings (SSSR count). The molecule has 0 bridgehead atoms. The molecular weight excluding hydrogens is 342 g/mol. The maximum absolute atomic E-state index is 13.0. The van der Waals surface area contributed by atoms with Crippen LogP contribution in [0.5, 0.6) is 0 Å². The number of aromatic nitrogens is 2. The summed E-state index contributed by atoms with van der Waals surface area (Å²) in [7, 11) is 0. The van der Waals surface area contributed by atoms with Gasteiger partial charge in [-0.25, -0.2) is 9.48 Å². The fraction of sp³-hybridized carbons (Fsp3) is 0.476. The second-order valence-corrected chi connectivity index (χ2v) is 7.91. The molecule has 27 heavy (non-hydrogen) atoms. The summed E-state index contributed by atoms with van der Waals surface area (Å²) in [6.45, 7) is 6.79. The molecule has 1 fully saturated rings. The Labute approximate surface area is 159 Å². The van der Waals surface area contributed by atoms with E-state index in [0.717, 1.165) is 18.4 Å². The van der Waals surface area contributed by atoms with E-state index in [1.807, 2.05) is 51.1 Å². The van der Waals surface area contributed by atoms with Gasteiger partial charge in [-0.1, -0.05) is 30.3 Å². The zero-order valence-electron chi connectivity index (χ0n) is 16.2. The zero-order valence-corrected chi connectivity index (χ0v) is 16.2. The van der Waals surface area contributed by atoms with Crippen molar-refractivity contribution in [3.05, 3.63) is 52.9 Å². The quantitative estimate of drug-likeness (QED) is 0.806.